The second-order valence-corrected chi connectivity index (χ2v) is 25.2. The van der Waals surface area contributed by atoms with Gasteiger partial charge in [-0.2, -0.15) is 0 Å². The Bertz CT molecular complexity index is 3050. The van der Waals surface area contributed by atoms with Crippen LogP contribution >= 0.6 is 0 Å². The minimum absolute atomic E-state index is 0. The van der Waals surface area contributed by atoms with Gasteiger partial charge in [0, 0.05) is 86.3 Å². The third-order valence-corrected chi connectivity index (χ3v) is 16.7. The summed E-state index contributed by atoms with van der Waals surface area (Å²) in [5.74, 6) is 5.13. The molecule has 10 rings (SSSR count). The van der Waals surface area contributed by atoms with E-state index in [2.05, 4.69) is 54.1 Å². The van der Waals surface area contributed by atoms with Crippen LogP contribution in [0.15, 0.2) is 109 Å². The largest absolute Gasteiger partial charge is 0.497 e. The van der Waals surface area contributed by atoms with Crippen molar-refractivity contribution >= 4 is 24.0 Å². The fraction of sp³-hybridized carbons (Fsp3) is 0.514. The Morgan fingerprint density at radius 1 is 0.517 bits per heavy atom. The van der Waals surface area contributed by atoms with Gasteiger partial charge in [-0.1, -0.05) is 63.4 Å². The van der Waals surface area contributed by atoms with Gasteiger partial charge in [-0.25, -0.2) is 9.59 Å². The molecule has 0 aromatic heterocycles. The van der Waals surface area contributed by atoms with Gasteiger partial charge in [0.05, 0.1) is 34.5 Å². The zero-order valence-corrected chi connectivity index (χ0v) is 51.7. The van der Waals surface area contributed by atoms with Crippen molar-refractivity contribution in [3.05, 3.63) is 148 Å². The molecule has 474 valence electrons. The van der Waals surface area contributed by atoms with Crippen LogP contribution in [0.5, 0.6) is 28.7 Å². The van der Waals surface area contributed by atoms with E-state index in [1.165, 1.54) is 16.7 Å². The van der Waals surface area contributed by atoms with Crippen LogP contribution in [-0.4, -0.2) is 129 Å². The van der Waals surface area contributed by atoms with Crippen LogP contribution < -0.4 is 39.6 Å². The average Bonchev–Trinajstić information content (AvgIpc) is 2.20. The quantitative estimate of drug-likeness (QED) is 0.0870. The smallest absolute Gasteiger partial charge is 0.410 e. The molecule has 5 aromatic rings. The van der Waals surface area contributed by atoms with Gasteiger partial charge in [-0.15, -0.1) is 0 Å². The Balaban J connectivity index is 0.000000210. The molecule has 4 amide bonds. The monoisotopic (exact) mass is 1200 g/mol. The maximum absolute atomic E-state index is 12.9. The molecule has 0 aliphatic carbocycles. The maximum Gasteiger partial charge on any atom is 0.410 e. The number of amides is 4. The van der Waals surface area contributed by atoms with Gasteiger partial charge < -0.3 is 64.0 Å². The minimum atomic E-state index is -0.555. The first-order valence-electron chi connectivity index (χ1n) is 29.9. The molecule has 0 unspecified atom stereocenters. The molecule has 5 aliphatic heterocycles. The molecule has 3 fully saturated rings. The molecule has 87 heavy (non-hydrogen) atoms. The van der Waals surface area contributed by atoms with E-state index in [1.807, 2.05) is 132 Å². The molecular formula is C70H97N5O12. The fourth-order valence-electron chi connectivity index (χ4n) is 12.1. The second-order valence-electron chi connectivity index (χ2n) is 25.2. The number of aliphatic hydroxyl groups is 1. The molecular weight excluding hydrogens is 1100 g/mol. The molecule has 3 saturated heterocycles. The lowest BCUT2D eigenvalue weighted by molar-refractivity contribution is -0.00363. The van der Waals surface area contributed by atoms with E-state index in [4.69, 9.17) is 33.2 Å². The summed E-state index contributed by atoms with van der Waals surface area (Å²) in [7, 11) is 4.99. The summed E-state index contributed by atoms with van der Waals surface area (Å²) < 4.78 is 39.3. The number of piperidine rings is 3. The fourth-order valence-corrected chi connectivity index (χ4v) is 12.1. The van der Waals surface area contributed by atoms with Crippen LogP contribution in [0.1, 0.15) is 163 Å². The van der Waals surface area contributed by atoms with Gasteiger partial charge >= 0.3 is 12.2 Å². The number of fused-ring (bicyclic) bond motifs is 2. The first kappa shape index (κ1) is 68.6. The zero-order valence-electron chi connectivity index (χ0n) is 51.7. The molecule has 17 nitrogen and oxygen atoms in total. The number of hydrogen-bond acceptors (Lipinski definition) is 13. The number of methoxy groups -OCH3 is 3. The van der Waals surface area contributed by atoms with Crippen molar-refractivity contribution in [2.75, 3.05) is 60.8 Å². The number of carbonyl (C=O) groups excluding carboxylic acids is 4. The third kappa shape index (κ3) is 18.1. The Morgan fingerprint density at radius 3 is 1.25 bits per heavy atom. The lowest BCUT2D eigenvalue weighted by Crippen LogP contribution is -2.51. The highest BCUT2D eigenvalue weighted by molar-refractivity contribution is 5.99. The lowest BCUT2D eigenvalue weighted by atomic mass is 9.78. The second kappa shape index (κ2) is 30.4. The van der Waals surface area contributed by atoms with E-state index in [0.717, 1.165) is 65.5 Å². The topological polar surface area (TPSA) is 196 Å². The summed E-state index contributed by atoms with van der Waals surface area (Å²) in [5, 5.41) is 19.1. The Morgan fingerprint density at radius 2 is 0.874 bits per heavy atom. The third-order valence-electron chi connectivity index (χ3n) is 16.7. The first-order chi connectivity index (χ1) is 40.5. The van der Waals surface area contributed by atoms with Gasteiger partial charge in [-0.3, -0.25) is 9.59 Å². The van der Waals surface area contributed by atoms with E-state index in [9.17, 15) is 24.3 Å². The number of ether oxygens (including phenoxy) is 7. The summed E-state index contributed by atoms with van der Waals surface area (Å²) in [4.78, 5) is 52.8. The average molecular weight is 1200 g/mol. The van der Waals surface area contributed by atoms with Gasteiger partial charge in [0.25, 0.3) is 11.8 Å². The molecule has 4 N–H and O–H groups in total. The Kier molecular flexibility index (Phi) is 24.0. The van der Waals surface area contributed by atoms with Crippen LogP contribution in [0.25, 0.3) is 0 Å². The molecule has 0 saturated carbocycles. The normalized spacial score (nSPS) is 22.9. The predicted molar refractivity (Wildman–Crippen MR) is 341 cm³/mol. The molecule has 5 aliphatic rings. The SMILES string of the molecule is C.C.COc1ccc([C@@H]2C[C@@H](C)N(C(=O)OC(C)(C)C)C[C@H]2COc2ccc3c(c2)C(=O)NC3)cc1.COc1ccc([C@@H]2C[C@@H](C)NC[C@H]2COc2ccc3c(c2)C(=O)NC3)cc1.COc1ccc([C@H]2C[C@@H](C)N(C(=O)OC(C)(C)C)C[C@@H]2CO)cc1. The van der Waals surface area contributed by atoms with Crippen molar-refractivity contribution in [3.63, 3.8) is 0 Å². The maximum atomic E-state index is 12.9. The summed E-state index contributed by atoms with van der Waals surface area (Å²) >= 11 is 0. The van der Waals surface area contributed by atoms with Crippen molar-refractivity contribution in [3.8, 4) is 28.7 Å². The van der Waals surface area contributed by atoms with Crippen molar-refractivity contribution < 1.29 is 57.4 Å². The highest BCUT2D eigenvalue weighted by atomic mass is 16.6. The van der Waals surface area contributed by atoms with Crippen LogP contribution in [0.4, 0.5) is 9.59 Å². The summed E-state index contributed by atoms with van der Waals surface area (Å²) in [6, 6.07) is 36.5. The first-order valence-corrected chi connectivity index (χ1v) is 29.9. The predicted octanol–water partition coefficient (Wildman–Crippen LogP) is 12.5. The van der Waals surface area contributed by atoms with Gasteiger partial charge in [-0.05, 0) is 188 Å². The number of rotatable bonds is 13. The summed E-state index contributed by atoms with van der Waals surface area (Å²) in [6.45, 7) is 21.8. The Labute approximate surface area is 517 Å². The van der Waals surface area contributed by atoms with E-state index >= 15 is 0 Å². The van der Waals surface area contributed by atoms with Crippen molar-refractivity contribution in [1.29, 1.82) is 0 Å². The van der Waals surface area contributed by atoms with Crippen LogP contribution in [-0.2, 0) is 22.6 Å². The van der Waals surface area contributed by atoms with E-state index in [1.54, 1.807) is 32.3 Å². The van der Waals surface area contributed by atoms with Crippen molar-refractivity contribution in [2.24, 2.45) is 17.8 Å². The molecule has 0 spiro atoms. The van der Waals surface area contributed by atoms with E-state index in [0.29, 0.717) is 68.6 Å². The molecule has 17 heteroatoms. The number of benzene rings is 5. The van der Waals surface area contributed by atoms with Crippen LogP contribution in [0.3, 0.4) is 0 Å². The number of nitrogens with one attached hydrogen (secondary N) is 3. The van der Waals surface area contributed by atoms with Crippen LogP contribution in [0.2, 0.25) is 0 Å². The van der Waals surface area contributed by atoms with Crippen molar-refractivity contribution in [2.45, 2.75) is 157 Å². The standard InChI is InChI=1S/C27H34N2O5.C22H26N2O3.C19H29NO4.2CH4/c1-17-12-23(18-6-9-21(32-5)10-7-18)20(15-29(17)26(31)34-27(2,3)4)16-33-22-11-8-19-14-28-25(30)24(19)13-22;1-14-9-20(15-3-6-18(26-2)7-4-15)17(12-23-14)13-27-19-8-5-16-11-24-22(25)21(16)10-19;1-13-10-17(14-6-8-16(23-5)9-7-14)15(12-21)11-20(13)18(22)24-19(2,3)4;;/h6-11,13,17,20,23H,12,14-16H2,1-5H3,(H,28,30);3-8,10,14,17,20,23H,9,11-13H2,1-2H3,(H,24,25);6-9,13,15,17,21H,10-12H2,1-5H3;2*1H4/t17-,20+,23+;14-,17+,20+;13-,15-,17-;;/m111../s1. The lowest BCUT2D eigenvalue weighted by Gasteiger charge is -2.43. The van der Waals surface area contributed by atoms with Gasteiger partial charge in [0.2, 0.25) is 0 Å². The Hall–Kier alpha value is -7.50. The number of aliphatic hydroxyl groups excluding tert-OH is 1. The van der Waals surface area contributed by atoms with Crippen LogP contribution in [0, 0.1) is 17.8 Å². The summed E-state index contributed by atoms with van der Waals surface area (Å²) in [5.41, 5.74) is 6.04. The number of hydrogen-bond donors (Lipinski definition) is 4. The van der Waals surface area contributed by atoms with E-state index in [-0.39, 0.29) is 81.2 Å². The van der Waals surface area contributed by atoms with E-state index < -0.39 is 11.2 Å². The zero-order chi connectivity index (χ0) is 61.2. The van der Waals surface area contributed by atoms with Gasteiger partial charge in [0.1, 0.15) is 39.9 Å². The van der Waals surface area contributed by atoms with Gasteiger partial charge in [0.15, 0.2) is 0 Å². The minimum Gasteiger partial charge on any atom is -0.497 e. The highest BCUT2D eigenvalue weighted by Gasteiger charge is 2.40. The highest BCUT2D eigenvalue weighted by Crippen LogP contribution is 2.40. The number of likely N-dealkylation sites (tertiary alicyclic amines) is 2. The summed E-state index contributed by atoms with van der Waals surface area (Å²) in [6.07, 6.45) is 2.07. The molecule has 0 radical (unpaired) electrons. The molecule has 9 atom stereocenters. The molecule has 0 bridgehead atoms. The van der Waals surface area contributed by atoms with Crippen molar-refractivity contribution in [1.82, 2.24) is 25.8 Å². The number of nitrogens with zero attached hydrogens (tertiary/aromatic N) is 2. The molecule has 5 aromatic carbocycles. The molecule has 5 heterocycles. The number of carbonyl (C=O) groups is 4.